The Morgan fingerprint density at radius 2 is 2.33 bits per heavy atom. The molecule has 2 rings (SSSR count). The molecule has 4 nitrogen and oxygen atoms in total. The number of benzene rings is 1. The average molecular weight is 264 g/mol. The number of imidazole rings is 1. The summed E-state index contributed by atoms with van der Waals surface area (Å²) >= 11 is 5.99. The van der Waals surface area contributed by atoms with Crippen LogP contribution in [-0.2, 0) is 11.3 Å². The molecule has 0 unspecified atom stereocenters. The van der Waals surface area contributed by atoms with Gasteiger partial charge in [0, 0.05) is 36.1 Å². The number of nitrogens with one attached hydrogen (secondary N) is 1. The van der Waals surface area contributed by atoms with Crippen LogP contribution in [0.25, 0.3) is 0 Å². The third-order valence-corrected chi connectivity index (χ3v) is 3.11. The van der Waals surface area contributed by atoms with Gasteiger partial charge in [-0.05, 0) is 24.6 Å². The van der Waals surface area contributed by atoms with E-state index >= 15 is 0 Å². The molecule has 18 heavy (non-hydrogen) atoms. The van der Waals surface area contributed by atoms with E-state index in [2.05, 4.69) is 10.3 Å². The van der Waals surface area contributed by atoms with E-state index in [1.165, 1.54) is 0 Å². The van der Waals surface area contributed by atoms with Crippen LogP contribution >= 0.6 is 11.6 Å². The van der Waals surface area contributed by atoms with Gasteiger partial charge in [0.25, 0.3) is 0 Å². The van der Waals surface area contributed by atoms with Crippen molar-refractivity contribution in [1.29, 1.82) is 0 Å². The van der Waals surface area contributed by atoms with Gasteiger partial charge in [-0.2, -0.15) is 0 Å². The van der Waals surface area contributed by atoms with Crippen molar-refractivity contribution in [2.75, 3.05) is 5.32 Å². The van der Waals surface area contributed by atoms with E-state index in [-0.39, 0.29) is 5.91 Å². The molecule has 0 aliphatic rings. The first-order chi connectivity index (χ1) is 8.66. The smallest absolute Gasteiger partial charge is 0.226 e. The van der Waals surface area contributed by atoms with Crippen LogP contribution in [0.5, 0.6) is 0 Å². The van der Waals surface area contributed by atoms with Gasteiger partial charge >= 0.3 is 0 Å². The number of aromatic nitrogens is 2. The van der Waals surface area contributed by atoms with Crippen molar-refractivity contribution >= 4 is 23.2 Å². The predicted octanol–water partition coefficient (Wildman–Crippen LogP) is 2.87. The molecule has 0 aliphatic carbocycles. The standard InChI is InChI=1S/C13H14ClN3O/c1-10-11(14)3-2-4-12(10)16-13(18)5-7-17-8-6-15-9-17/h2-4,6,8-9H,5,7H2,1H3,(H,16,18). The van der Waals surface area contributed by atoms with Crippen LogP contribution in [0.1, 0.15) is 12.0 Å². The van der Waals surface area contributed by atoms with Gasteiger partial charge < -0.3 is 9.88 Å². The first-order valence-electron chi connectivity index (χ1n) is 5.67. The van der Waals surface area contributed by atoms with Crippen LogP contribution in [-0.4, -0.2) is 15.5 Å². The molecule has 1 N–H and O–H groups in total. The maximum atomic E-state index is 11.8. The Bertz CT molecular complexity index is 537. The molecule has 1 aromatic heterocycles. The zero-order valence-electron chi connectivity index (χ0n) is 10.1. The molecule has 1 amide bonds. The molecule has 0 saturated carbocycles. The van der Waals surface area contributed by atoms with Gasteiger partial charge in [0.1, 0.15) is 0 Å². The summed E-state index contributed by atoms with van der Waals surface area (Å²) in [5.74, 6) is -0.0333. The summed E-state index contributed by atoms with van der Waals surface area (Å²) in [6, 6.07) is 5.47. The van der Waals surface area contributed by atoms with Gasteiger partial charge in [-0.3, -0.25) is 4.79 Å². The molecule has 0 atom stereocenters. The van der Waals surface area contributed by atoms with Crippen molar-refractivity contribution in [2.24, 2.45) is 0 Å². The lowest BCUT2D eigenvalue weighted by atomic mass is 10.2. The van der Waals surface area contributed by atoms with Crippen molar-refractivity contribution in [2.45, 2.75) is 19.9 Å². The van der Waals surface area contributed by atoms with Crippen molar-refractivity contribution < 1.29 is 4.79 Å². The molecule has 0 aliphatic heterocycles. The second-order valence-electron chi connectivity index (χ2n) is 4.01. The van der Waals surface area contributed by atoms with Crippen LogP contribution in [0.4, 0.5) is 5.69 Å². The SMILES string of the molecule is Cc1c(Cl)cccc1NC(=O)CCn1ccnc1. The third-order valence-electron chi connectivity index (χ3n) is 2.70. The summed E-state index contributed by atoms with van der Waals surface area (Å²) in [5, 5.41) is 3.51. The van der Waals surface area contributed by atoms with Gasteiger partial charge in [-0.1, -0.05) is 17.7 Å². The number of hydrogen-bond donors (Lipinski definition) is 1. The minimum atomic E-state index is -0.0333. The number of rotatable bonds is 4. The van der Waals surface area contributed by atoms with Crippen molar-refractivity contribution in [1.82, 2.24) is 9.55 Å². The Morgan fingerprint density at radius 1 is 1.50 bits per heavy atom. The van der Waals surface area contributed by atoms with E-state index in [1.54, 1.807) is 18.6 Å². The van der Waals surface area contributed by atoms with Gasteiger partial charge in [-0.15, -0.1) is 0 Å². The van der Waals surface area contributed by atoms with Gasteiger partial charge in [0.05, 0.1) is 6.33 Å². The quantitative estimate of drug-likeness (QED) is 0.922. The topological polar surface area (TPSA) is 46.9 Å². The molecule has 1 heterocycles. The Morgan fingerprint density at radius 3 is 3.06 bits per heavy atom. The second-order valence-corrected chi connectivity index (χ2v) is 4.42. The number of halogens is 1. The zero-order valence-corrected chi connectivity index (χ0v) is 10.8. The number of aryl methyl sites for hydroxylation is 1. The van der Waals surface area contributed by atoms with Gasteiger partial charge in [0.2, 0.25) is 5.91 Å². The van der Waals surface area contributed by atoms with Gasteiger partial charge in [0.15, 0.2) is 0 Å². The highest BCUT2D eigenvalue weighted by Gasteiger charge is 2.06. The molecule has 1 aromatic carbocycles. The molecular weight excluding hydrogens is 250 g/mol. The molecule has 0 bridgehead atoms. The van der Waals surface area contributed by atoms with E-state index in [0.29, 0.717) is 18.0 Å². The maximum Gasteiger partial charge on any atom is 0.226 e. The molecule has 5 heteroatoms. The summed E-state index contributed by atoms with van der Waals surface area (Å²) in [5.41, 5.74) is 1.65. The van der Waals surface area contributed by atoms with E-state index in [4.69, 9.17) is 11.6 Å². The highest BCUT2D eigenvalue weighted by Crippen LogP contribution is 2.22. The summed E-state index contributed by atoms with van der Waals surface area (Å²) < 4.78 is 1.87. The molecular formula is C13H14ClN3O. The minimum Gasteiger partial charge on any atom is -0.337 e. The zero-order chi connectivity index (χ0) is 13.0. The van der Waals surface area contributed by atoms with Crippen LogP contribution in [0.3, 0.4) is 0 Å². The predicted molar refractivity (Wildman–Crippen MR) is 71.7 cm³/mol. The van der Waals surface area contributed by atoms with Crippen LogP contribution < -0.4 is 5.32 Å². The van der Waals surface area contributed by atoms with E-state index < -0.39 is 0 Å². The van der Waals surface area contributed by atoms with Crippen LogP contribution in [0, 0.1) is 6.92 Å². The fourth-order valence-corrected chi connectivity index (χ4v) is 1.78. The second kappa shape index (κ2) is 5.69. The molecule has 2 aromatic rings. The number of anilines is 1. The van der Waals surface area contributed by atoms with Crippen molar-refractivity contribution in [3.63, 3.8) is 0 Å². The lowest BCUT2D eigenvalue weighted by Crippen LogP contribution is -2.14. The third kappa shape index (κ3) is 3.11. The molecule has 0 radical (unpaired) electrons. The largest absolute Gasteiger partial charge is 0.337 e. The van der Waals surface area contributed by atoms with Crippen LogP contribution in [0.15, 0.2) is 36.9 Å². The highest BCUT2D eigenvalue weighted by molar-refractivity contribution is 6.31. The fraction of sp³-hybridized carbons (Fsp3) is 0.231. The number of amides is 1. The number of carbonyl (C=O) groups is 1. The van der Waals surface area contributed by atoms with E-state index in [1.807, 2.05) is 29.8 Å². The molecule has 0 spiro atoms. The Balaban J connectivity index is 1.93. The number of nitrogens with zero attached hydrogens (tertiary/aromatic N) is 2. The fourth-order valence-electron chi connectivity index (χ4n) is 1.61. The first kappa shape index (κ1) is 12.6. The Labute approximate surface area is 111 Å². The van der Waals surface area contributed by atoms with Gasteiger partial charge in [-0.25, -0.2) is 4.98 Å². The minimum absolute atomic E-state index is 0.0333. The summed E-state index contributed by atoms with van der Waals surface area (Å²) in [6.45, 7) is 2.50. The number of carbonyl (C=O) groups excluding carboxylic acids is 1. The van der Waals surface area contributed by atoms with Crippen molar-refractivity contribution in [3.8, 4) is 0 Å². The number of hydrogen-bond acceptors (Lipinski definition) is 2. The first-order valence-corrected chi connectivity index (χ1v) is 6.05. The summed E-state index contributed by atoms with van der Waals surface area (Å²) in [6.07, 6.45) is 5.62. The Hall–Kier alpha value is -1.81. The highest BCUT2D eigenvalue weighted by atomic mass is 35.5. The van der Waals surface area contributed by atoms with Crippen molar-refractivity contribution in [3.05, 3.63) is 47.5 Å². The average Bonchev–Trinajstić information content (AvgIpc) is 2.86. The maximum absolute atomic E-state index is 11.8. The van der Waals surface area contributed by atoms with Crippen LogP contribution in [0.2, 0.25) is 5.02 Å². The van der Waals surface area contributed by atoms with E-state index in [0.717, 1.165) is 11.3 Å². The lowest BCUT2D eigenvalue weighted by Gasteiger charge is -2.09. The molecule has 0 saturated heterocycles. The monoisotopic (exact) mass is 263 g/mol. The normalized spacial score (nSPS) is 10.3. The summed E-state index contributed by atoms with van der Waals surface area (Å²) in [7, 11) is 0. The molecule has 0 fully saturated rings. The van der Waals surface area contributed by atoms with E-state index in [9.17, 15) is 4.79 Å². The Kier molecular flexibility index (Phi) is 3.99. The summed E-state index contributed by atoms with van der Waals surface area (Å²) in [4.78, 5) is 15.7. The lowest BCUT2D eigenvalue weighted by molar-refractivity contribution is -0.116. The molecule has 94 valence electrons.